The summed E-state index contributed by atoms with van der Waals surface area (Å²) in [6.45, 7) is 6.64. The maximum atomic E-state index is 3.61. The van der Waals surface area contributed by atoms with Gasteiger partial charge in [-0.25, -0.2) is 0 Å². The highest BCUT2D eigenvalue weighted by molar-refractivity contribution is 5.85. The van der Waals surface area contributed by atoms with Crippen LogP contribution in [-0.4, -0.2) is 62.1 Å². The van der Waals surface area contributed by atoms with Gasteiger partial charge in [-0.15, -0.1) is 0 Å². The van der Waals surface area contributed by atoms with Gasteiger partial charge in [-0.2, -0.15) is 0 Å². The number of nitrogens with zero attached hydrogens (tertiary/aromatic N) is 3. The Bertz CT molecular complexity index is 902. The van der Waals surface area contributed by atoms with Crippen LogP contribution in [0.15, 0.2) is 48.5 Å². The van der Waals surface area contributed by atoms with E-state index in [1.807, 2.05) is 0 Å². The summed E-state index contributed by atoms with van der Waals surface area (Å²) in [5.41, 5.74) is 6.54. The van der Waals surface area contributed by atoms with Gasteiger partial charge in [0.05, 0.1) is 6.04 Å². The van der Waals surface area contributed by atoms with Crippen molar-refractivity contribution in [3.8, 4) is 0 Å². The number of H-pyrrole nitrogens is 1. The van der Waals surface area contributed by atoms with Crippen molar-refractivity contribution in [2.45, 2.75) is 13.0 Å². The highest BCUT2D eigenvalue weighted by Crippen LogP contribution is 2.37. The van der Waals surface area contributed by atoms with Gasteiger partial charge in [0.2, 0.25) is 0 Å². The first kappa shape index (κ1) is 18.1. The molecule has 27 heavy (non-hydrogen) atoms. The van der Waals surface area contributed by atoms with E-state index in [4.69, 9.17) is 0 Å². The summed E-state index contributed by atoms with van der Waals surface area (Å²) in [6.07, 6.45) is 0. The number of piperazine rings is 1. The van der Waals surface area contributed by atoms with Crippen LogP contribution in [0.25, 0.3) is 10.9 Å². The Morgan fingerprint density at radius 3 is 2.26 bits per heavy atom. The molecule has 4 rings (SSSR count). The molecule has 2 aromatic carbocycles. The Hall–Kier alpha value is -2.30. The summed E-state index contributed by atoms with van der Waals surface area (Å²) in [5, 5.41) is 1.34. The molecule has 4 heteroatoms. The van der Waals surface area contributed by atoms with E-state index in [2.05, 4.69) is 96.3 Å². The molecule has 0 spiro atoms. The number of aromatic nitrogens is 1. The lowest BCUT2D eigenvalue weighted by molar-refractivity contribution is 0.127. The predicted octanol–water partition coefficient (Wildman–Crippen LogP) is 3.88. The number of aryl methyl sites for hydroxylation is 1. The molecule has 3 aromatic rings. The van der Waals surface area contributed by atoms with E-state index in [1.165, 1.54) is 33.4 Å². The maximum Gasteiger partial charge on any atom is 0.0626 e. The van der Waals surface area contributed by atoms with Crippen LogP contribution >= 0.6 is 0 Å². The number of likely N-dealkylation sites (N-methyl/N-ethyl adjacent to an activating group) is 1. The minimum atomic E-state index is 0.283. The molecular formula is C23H30N4. The average molecular weight is 363 g/mol. The second kappa shape index (κ2) is 7.37. The summed E-state index contributed by atoms with van der Waals surface area (Å²) >= 11 is 0. The van der Waals surface area contributed by atoms with Gasteiger partial charge in [0.15, 0.2) is 0 Å². The zero-order chi connectivity index (χ0) is 19.0. The zero-order valence-corrected chi connectivity index (χ0v) is 16.9. The van der Waals surface area contributed by atoms with Crippen LogP contribution in [-0.2, 0) is 0 Å². The van der Waals surface area contributed by atoms with Gasteiger partial charge in [0.1, 0.15) is 0 Å². The van der Waals surface area contributed by atoms with Gasteiger partial charge < -0.3 is 14.8 Å². The second-order valence-corrected chi connectivity index (χ2v) is 7.94. The lowest BCUT2D eigenvalue weighted by atomic mass is 9.93. The predicted molar refractivity (Wildman–Crippen MR) is 115 cm³/mol. The Kier molecular flexibility index (Phi) is 4.94. The molecule has 0 bridgehead atoms. The van der Waals surface area contributed by atoms with Gasteiger partial charge in [-0.3, -0.25) is 4.90 Å². The van der Waals surface area contributed by atoms with E-state index >= 15 is 0 Å². The van der Waals surface area contributed by atoms with E-state index in [0.29, 0.717) is 0 Å². The van der Waals surface area contributed by atoms with Crippen molar-refractivity contribution in [1.82, 2.24) is 14.8 Å². The number of hydrogen-bond acceptors (Lipinski definition) is 3. The Morgan fingerprint density at radius 2 is 1.59 bits per heavy atom. The molecule has 2 heterocycles. The normalized spacial score (nSPS) is 17.3. The van der Waals surface area contributed by atoms with Crippen molar-refractivity contribution in [2.24, 2.45) is 0 Å². The van der Waals surface area contributed by atoms with Crippen LogP contribution in [0, 0.1) is 6.92 Å². The number of anilines is 1. The van der Waals surface area contributed by atoms with Gasteiger partial charge in [0.25, 0.3) is 0 Å². The topological polar surface area (TPSA) is 25.5 Å². The molecule has 0 aliphatic carbocycles. The van der Waals surface area contributed by atoms with Crippen LogP contribution in [0.3, 0.4) is 0 Å². The van der Waals surface area contributed by atoms with Crippen LogP contribution in [0.5, 0.6) is 0 Å². The molecule has 1 aliphatic rings. The van der Waals surface area contributed by atoms with E-state index < -0.39 is 0 Å². The number of hydrogen-bond donors (Lipinski definition) is 1. The molecule has 0 radical (unpaired) electrons. The van der Waals surface area contributed by atoms with Gasteiger partial charge in [-0.1, -0.05) is 30.3 Å². The van der Waals surface area contributed by atoms with Crippen LogP contribution in [0.4, 0.5) is 5.69 Å². The molecule has 1 aromatic heterocycles. The first-order valence-electron chi connectivity index (χ1n) is 9.81. The molecule has 1 unspecified atom stereocenters. The average Bonchev–Trinajstić information content (AvgIpc) is 3.00. The molecular weight excluding hydrogens is 332 g/mol. The van der Waals surface area contributed by atoms with Crippen molar-refractivity contribution in [3.05, 3.63) is 65.4 Å². The van der Waals surface area contributed by atoms with Crippen molar-refractivity contribution in [3.63, 3.8) is 0 Å². The smallest absolute Gasteiger partial charge is 0.0626 e. The van der Waals surface area contributed by atoms with E-state index in [0.717, 1.165) is 26.2 Å². The third-order valence-corrected chi connectivity index (χ3v) is 5.85. The first-order valence-corrected chi connectivity index (χ1v) is 9.81. The minimum absolute atomic E-state index is 0.283. The van der Waals surface area contributed by atoms with E-state index in [-0.39, 0.29) is 6.04 Å². The van der Waals surface area contributed by atoms with Crippen LogP contribution in [0.1, 0.15) is 22.9 Å². The fourth-order valence-corrected chi connectivity index (χ4v) is 4.25. The lowest BCUT2D eigenvalue weighted by Crippen LogP contribution is -2.46. The SMILES string of the molecule is Cc1[nH]c2ccccc2c1C(c1ccc(N(C)C)cc1)N1CCN(C)CC1. The Balaban J connectivity index is 1.81. The largest absolute Gasteiger partial charge is 0.378 e. The van der Waals surface area contributed by atoms with Crippen molar-refractivity contribution < 1.29 is 0 Å². The molecule has 1 N–H and O–H groups in total. The fourth-order valence-electron chi connectivity index (χ4n) is 4.25. The molecule has 1 atom stereocenters. The third kappa shape index (κ3) is 3.47. The van der Waals surface area contributed by atoms with Gasteiger partial charge >= 0.3 is 0 Å². The number of fused-ring (bicyclic) bond motifs is 1. The summed E-state index contributed by atoms with van der Waals surface area (Å²) in [5.74, 6) is 0. The second-order valence-electron chi connectivity index (χ2n) is 7.94. The minimum Gasteiger partial charge on any atom is -0.378 e. The number of benzene rings is 2. The van der Waals surface area contributed by atoms with Crippen LogP contribution < -0.4 is 4.90 Å². The highest BCUT2D eigenvalue weighted by Gasteiger charge is 2.28. The molecule has 0 amide bonds. The highest BCUT2D eigenvalue weighted by atomic mass is 15.3. The Morgan fingerprint density at radius 1 is 0.926 bits per heavy atom. The molecule has 142 valence electrons. The third-order valence-electron chi connectivity index (χ3n) is 5.85. The summed E-state index contributed by atoms with van der Waals surface area (Å²) in [6, 6.07) is 18.1. The lowest BCUT2D eigenvalue weighted by Gasteiger charge is -2.38. The number of rotatable bonds is 4. The van der Waals surface area contributed by atoms with Crippen molar-refractivity contribution in [2.75, 3.05) is 52.2 Å². The molecule has 1 aliphatic heterocycles. The fraction of sp³-hybridized carbons (Fsp3) is 0.391. The van der Waals surface area contributed by atoms with Gasteiger partial charge in [-0.05, 0) is 37.7 Å². The molecule has 4 nitrogen and oxygen atoms in total. The summed E-state index contributed by atoms with van der Waals surface area (Å²) < 4.78 is 0. The van der Waals surface area contributed by atoms with E-state index in [1.54, 1.807) is 0 Å². The number of aromatic amines is 1. The Labute approximate surface area is 162 Å². The van der Waals surface area contributed by atoms with Crippen molar-refractivity contribution in [1.29, 1.82) is 0 Å². The quantitative estimate of drug-likeness (QED) is 0.763. The van der Waals surface area contributed by atoms with E-state index in [9.17, 15) is 0 Å². The van der Waals surface area contributed by atoms with Crippen LogP contribution in [0.2, 0.25) is 0 Å². The summed E-state index contributed by atoms with van der Waals surface area (Å²) in [4.78, 5) is 10.8. The molecule has 1 fully saturated rings. The molecule has 1 saturated heterocycles. The van der Waals surface area contributed by atoms with Gasteiger partial charge in [0, 0.05) is 68.1 Å². The maximum absolute atomic E-state index is 3.61. The first-order chi connectivity index (χ1) is 13.0. The zero-order valence-electron chi connectivity index (χ0n) is 16.9. The molecule has 0 saturated carbocycles. The summed E-state index contributed by atoms with van der Waals surface area (Å²) in [7, 11) is 6.41. The standard InChI is InChI=1S/C23H30N4/c1-17-22(20-7-5-6-8-21(20)24-17)23(27-15-13-26(4)14-16-27)18-9-11-19(12-10-18)25(2)3/h5-12,23-24H,13-16H2,1-4H3. The monoisotopic (exact) mass is 362 g/mol. The van der Waals surface area contributed by atoms with Crippen molar-refractivity contribution >= 4 is 16.6 Å². The number of nitrogens with one attached hydrogen (secondary N) is 1. The number of para-hydroxylation sites is 1.